The van der Waals surface area contributed by atoms with Crippen LogP contribution in [0.25, 0.3) is 0 Å². The van der Waals surface area contributed by atoms with Gasteiger partial charge in [0.25, 0.3) is 0 Å². The first-order chi connectivity index (χ1) is 10.4. The Morgan fingerprint density at radius 3 is 2.73 bits per heavy atom. The van der Waals surface area contributed by atoms with Crippen LogP contribution in [-0.4, -0.2) is 43.4 Å². The van der Waals surface area contributed by atoms with E-state index in [9.17, 15) is 17.6 Å². The molecule has 2 aliphatic rings. The molecule has 0 spiro atoms. The van der Waals surface area contributed by atoms with Crippen molar-refractivity contribution in [2.75, 3.05) is 31.6 Å². The lowest BCUT2D eigenvalue weighted by Crippen LogP contribution is -2.21. The van der Waals surface area contributed by atoms with E-state index < -0.39 is 18.5 Å². The lowest BCUT2D eigenvalue weighted by molar-refractivity contribution is -0.115. The molecular weight excluding hydrogens is 300 g/mol. The number of anilines is 1. The van der Waals surface area contributed by atoms with Gasteiger partial charge in [-0.15, -0.1) is 0 Å². The van der Waals surface area contributed by atoms with E-state index in [0.717, 1.165) is 25.1 Å². The van der Waals surface area contributed by atoms with Crippen molar-refractivity contribution in [3.63, 3.8) is 0 Å². The van der Waals surface area contributed by atoms with Gasteiger partial charge in [-0.05, 0) is 30.9 Å². The van der Waals surface area contributed by atoms with Gasteiger partial charge in [-0.2, -0.15) is 13.2 Å². The predicted molar refractivity (Wildman–Crippen MR) is 74.5 cm³/mol. The summed E-state index contributed by atoms with van der Waals surface area (Å²) in [4.78, 5) is 2.32. The minimum atomic E-state index is -4.39. The number of benzene rings is 1. The van der Waals surface area contributed by atoms with Crippen molar-refractivity contribution in [3.05, 3.63) is 24.0 Å². The smallest absolute Gasteiger partial charge is 0.405 e. The molecule has 3 nitrogen and oxygen atoms in total. The van der Waals surface area contributed by atoms with Crippen LogP contribution >= 0.6 is 0 Å². The van der Waals surface area contributed by atoms with Crippen LogP contribution in [0, 0.1) is 11.7 Å². The first kappa shape index (κ1) is 15.4. The third-order valence-corrected chi connectivity index (χ3v) is 3.88. The lowest BCUT2D eigenvalue weighted by atomic mass is 10.3. The first-order valence-corrected chi connectivity index (χ1v) is 7.38. The summed E-state index contributed by atoms with van der Waals surface area (Å²) < 4.78 is 55.5. The molecule has 0 amide bonds. The van der Waals surface area contributed by atoms with Crippen LogP contribution < -0.4 is 10.1 Å². The molecule has 2 atom stereocenters. The van der Waals surface area contributed by atoms with E-state index in [1.54, 1.807) is 0 Å². The SMILES string of the molecule is Fc1ccc(OCC2CN2CC2CC2)cc1NCC(F)(F)F. The quantitative estimate of drug-likeness (QED) is 0.617. The van der Waals surface area contributed by atoms with E-state index in [-0.39, 0.29) is 5.69 Å². The number of nitrogens with zero attached hydrogens (tertiary/aromatic N) is 1. The molecular formula is C15H18F4N2O. The van der Waals surface area contributed by atoms with Crippen LogP contribution in [0.4, 0.5) is 23.2 Å². The summed E-state index contributed by atoms with van der Waals surface area (Å²) in [6, 6.07) is 4.19. The largest absolute Gasteiger partial charge is 0.492 e. The second-order valence-electron chi connectivity index (χ2n) is 5.97. The maximum atomic E-state index is 13.5. The van der Waals surface area contributed by atoms with Gasteiger partial charge in [-0.1, -0.05) is 0 Å². The maximum Gasteiger partial charge on any atom is 0.405 e. The van der Waals surface area contributed by atoms with Crippen LogP contribution in [-0.2, 0) is 0 Å². The molecule has 1 aliphatic heterocycles. The summed E-state index contributed by atoms with van der Waals surface area (Å²) in [5.41, 5.74) is -0.194. The Morgan fingerprint density at radius 1 is 1.27 bits per heavy atom. The topological polar surface area (TPSA) is 24.3 Å². The van der Waals surface area contributed by atoms with Crippen molar-refractivity contribution in [1.82, 2.24) is 4.90 Å². The van der Waals surface area contributed by atoms with E-state index in [1.807, 2.05) is 5.32 Å². The standard InChI is InChI=1S/C15H18F4N2O/c16-13-4-3-12(5-14(13)20-9-15(17,18)19)22-8-11-7-21(11)6-10-1-2-10/h3-5,10-11,20H,1-2,6-9H2. The van der Waals surface area contributed by atoms with E-state index in [0.29, 0.717) is 18.4 Å². The average Bonchev–Trinajstić information content (AvgIpc) is 3.35. The molecule has 1 heterocycles. The van der Waals surface area contributed by atoms with Gasteiger partial charge >= 0.3 is 6.18 Å². The fraction of sp³-hybridized carbons (Fsp3) is 0.600. The zero-order valence-electron chi connectivity index (χ0n) is 12.0. The highest BCUT2D eigenvalue weighted by atomic mass is 19.4. The highest BCUT2D eigenvalue weighted by molar-refractivity contribution is 5.49. The van der Waals surface area contributed by atoms with E-state index in [2.05, 4.69) is 4.90 Å². The summed E-state index contributed by atoms with van der Waals surface area (Å²) in [6.45, 7) is 1.31. The number of halogens is 4. The monoisotopic (exact) mass is 318 g/mol. The minimum absolute atomic E-state index is 0.194. The first-order valence-electron chi connectivity index (χ1n) is 7.38. The summed E-state index contributed by atoms with van der Waals surface area (Å²) in [5, 5.41) is 2.05. The molecule has 0 radical (unpaired) electrons. The van der Waals surface area contributed by atoms with Gasteiger partial charge in [0.05, 0.1) is 11.7 Å². The fourth-order valence-electron chi connectivity index (χ4n) is 2.35. The molecule has 1 aliphatic carbocycles. The molecule has 1 saturated heterocycles. The van der Waals surface area contributed by atoms with E-state index >= 15 is 0 Å². The Morgan fingerprint density at radius 2 is 2.05 bits per heavy atom. The molecule has 0 bridgehead atoms. The molecule has 7 heteroatoms. The van der Waals surface area contributed by atoms with Gasteiger partial charge in [0.15, 0.2) is 0 Å². The van der Waals surface area contributed by atoms with Crippen molar-refractivity contribution in [2.24, 2.45) is 5.92 Å². The maximum absolute atomic E-state index is 13.5. The number of nitrogens with one attached hydrogen (secondary N) is 1. The second-order valence-corrected chi connectivity index (χ2v) is 5.97. The van der Waals surface area contributed by atoms with Crippen molar-refractivity contribution in [2.45, 2.75) is 25.1 Å². The minimum Gasteiger partial charge on any atom is -0.492 e. The van der Waals surface area contributed by atoms with Gasteiger partial charge < -0.3 is 10.1 Å². The van der Waals surface area contributed by atoms with Crippen LogP contribution in [0.1, 0.15) is 12.8 Å². The van der Waals surface area contributed by atoms with Crippen molar-refractivity contribution in [3.8, 4) is 5.75 Å². The number of ether oxygens (including phenoxy) is 1. The van der Waals surface area contributed by atoms with Gasteiger partial charge in [0.1, 0.15) is 24.7 Å². The summed E-state index contributed by atoms with van der Waals surface area (Å²) in [6.07, 6.45) is -1.78. The molecule has 122 valence electrons. The van der Waals surface area contributed by atoms with Crippen LogP contribution in [0.2, 0.25) is 0 Å². The highest BCUT2D eigenvalue weighted by Crippen LogP contribution is 2.33. The third kappa shape index (κ3) is 4.50. The molecule has 0 aromatic heterocycles. The zero-order chi connectivity index (χ0) is 15.7. The van der Waals surface area contributed by atoms with Crippen LogP contribution in [0.3, 0.4) is 0 Å². The van der Waals surface area contributed by atoms with Gasteiger partial charge in [-0.3, -0.25) is 4.90 Å². The molecule has 1 N–H and O–H groups in total. The van der Waals surface area contributed by atoms with Gasteiger partial charge in [0.2, 0.25) is 0 Å². The van der Waals surface area contributed by atoms with E-state index in [1.165, 1.54) is 25.0 Å². The molecule has 1 aromatic carbocycles. The second kappa shape index (κ2) is 5.95. The molecule has 2 unspecified atom stereocenters. The number of hydrogen-bond donors (Lipinski definition) is 1. The number of hydrogen-bond acceptors (Lipinski definition) is 3. The predicted octanol–water partition coefficient (Wildman–Crippen LogP) is 3.27. The van der Waals surface area contributed by atoms with Gasteiger partial charge in [0, 0.05) is 19.2 Å². The molecule has 22 heavy (non-hydrogen) atoms. The molecule has 1 aromatic rings. The summed E-state index contributed by atoms with van der Waals surface area (Å²) in [7, 11) is 0. The highest BCUT2D eigenvalue weighted by Gasteiger charge is 2.38. The summed E-state index contributed by atoms with van der Waals surface area (Å²) in [5.74, 6) is 0.483. The van der Waals surface area contributed by atoms with Crippen LogP contribution in [0.15, 0.2) is 18.2 Å². The molecule has 3 rings (SSSR count). The third-order valence-electron chi connectivity index (χ3n) is 3.88. The molecule has 2 fully saturated rings. The number of rotatable bonds is 7. The molecule has 1 saturated carbocycles. The zero-order valence-corrected chi connectivity index (χ0v) is 12.0. The van der Waals surface area contributed by atoms with Crippen molar-refractivity contribution in [1.29, 1.82) is 0 Å². The Hall–Kier alpha value is -1.50. The average molecular weight is 318 g/mol. The Labute approximate surface area is 126 Å². The van der Waals surface area contributed by atoms with Crippen LogP contribution in [0.5, 0.6) is 5.75 Å². The Kier molecular flexibility index (Phi) is 4.16. The lowest BCUT2D eigenvalue weighted by Gasteiger charge is -2.12. The number of alkyl halides is 3. The van der Waals surface area contributed by atoms with Crippen molar-refractivity contribution >= 4 is 5.69 Å². The Balaban J connectivity index is 1.48. The van der Waals surface area contributed by atoms with E-state index in [4.69, 9.17) is 4.74 Å². The van der Waals surface area contributed by atoms with Crippen molar-refractivity contribution < 1.29 is 22.3 Å². The fourth-order valence-corrected chi connectivity index (χ4v) is 2.35. The van der Waals surface area contributed by atoms with Gasteiger partial charge in [-0.25, -0.2) is 4.39 Å². The normalized spacial score (nSPS) is 24.2. The summed E-state index contributed by atoms with van der Waals surface area (Å²) >= 11 is 0. The Bertz CT molecular complexity index is 531.